The Hall–Kier alpha value is -3.19. The fourth-order valence-electron chi connectivity index (χ4n) is 4.25. The molecule has 1 N–H and O–H groups in total. The van der Waals surface area contributed by atoms with E-state index < -0.39 is 29.4 Å². The summed E-state index contributed by atoms with van der Waals surface area (Å²) in [5, 5.41) is 2.76. The third kappa shape index (κ3) is 2.21. The highest BCUT2D eigenvalue weighted by atomic mass is 16.5. The minimum absolute atomic E-state index is 0.0857. The van der Waals surface area contributed by atoms with Gasteiger partial charge >= 0.3 is 0 Å². The van der Waals surface area contributed by atoms with Gasteiger partial charge in [-0.1, -0.05) is 30.4 Å². The van der Waals surface area contributed by atoms with Gasteiger partial charge in [0, 0.05) is 0 Å². The second-order valence-electron chi connectivity index (χ2n) is 6.91. The summed E-state index contributed by atoms with van der Waals surface area (Å²) in [6.07, 6.45) is 4.55. The second kappa shape index (κ2) is 5.65. The van der Waals surface area contributed by atoms with Crippen LogP contribution in [0.4, 0.5) is 5.69 Å². The third-order valence-electron chi connectivity index (χ3n) is 5.44. The lowest BCUT2D eigenvalue weighted by atomic mass is 9.77. The molecule has 3 aliphatic rings. The number of carbonyl (C=O) groups excluding carboxylic acids is 3. The van der Waals surface area contributed by atoms with Crippen molar-refractivity contribution < 1.29 is 23.5 Å². The average Bonchev–Trinajstić information content (AvgIpc) is 3.44. The molecule has 1 aromatic heterocycles. The molecule has 4 atom stereocenters. The van der Waals surface area contributed by atoms with E-state index in [1.807, 2.05) is 6.07 Å². The number of ether oxygens (including phenoxy) is 1. The molecule has 5 rings (SSSR count). The Morgan fingerprint density at radius 2 is 1.93 bits per heavy atom. The maximum Gasteiger partial charge on any atom is 0.287 e. The number of nitrogens with zero attached hydrogens (tertiary/aromatic N) is 1. The fraction of sp³-hybridized carbons (Fsp3) is 0.250. The van der Waals surface area contributed by atoms with E-state index in [-0.39, 0.29) is 24.1 Å². The molecule has 3 aliphatic heterocycles. The number of furan rings is 1. The van der Waals surface area contributed by atoms with E-state index in [0.717, 1.165) is 0 Å². The van der Waals surface area contributed by atoms with E-state index in [9.17, 15) is 14.4 Å². The van der Waals surface area contributed by atoms with Gasteiger partial charge in [-0.3, -0.25) is 14.4 Å². The van der Waals surface area contributed by atoms with Crippen LogP contribution in [-0.2, 0) is 14.3 Å². The summed E-state index contributed by atoms with van der Waals surface area (Å²) in [5.74, 6) is -1.99. The van der Waals surface area contributed by atoms with Gasteiger partial charge in [-0.15, -0.1) is 0 Å². The van der Waals surface area contributed by atoms with E-state index in [2.05, 4.69) is 5.32 Å². The molecule has 7 nitrogen and oxygen atoms in total. The van der Waals surface area contributed by atoms with Crippen LogP contribution in [0.15, 0.2) is 65.3 Å². The molecule has 1 aromatic carbocycles. The first-order valence-corrected chi connectivity index (χ1v) is 8.72. The summed E-state index contributed by atoms with van der Waals surface area (Å²) < 4.78 is 11.1. The number of carbonyl (C=O) groups is 3. The van der Waals surface area contributed by atoms with E-state index in [4.69, 9.17) is 9.15 Å². The Morgan fingerprint density at radius 3 is 2.67 bits per heavy atom. The number of hydrogen-bond donors (Lipinski definition) is 1. The molecule has 136 valence electrons. The number of fused-ring (bicyclic) bond motifs is 5. The van der Waals surface area contributed by atoms with Gasteiger partial charge in [0.25, 0.3) is 5.91 Å². The quantitative estimate of drug-likeness (QED) is 0.656. The molecule has 7 heteroatoms. The Balaban J connectivity index is 1.42. The normalized spacial score (nSPS) is 30.8. The van der Waals surface area contributed by atoms with E-state index in [1.54, 1.807) is 48.6 Å². The van der Waals surface area contributed by atoms with Crippen molar-refractivity contribution in [1.82, 2.24) is 5.32 Å². The molecule has 27 heavy (non-hydrogen) atoms. The van der Waals surface area contributed by atoms with Crippen molar-refractivity contribution in [2.75, 3.05) is 11.4 Å². The summed E-state index contributed by atoms with van der Waals surface area (Å²) in [7, 11) is 0. The van der Waals surface area contributed by atoms with Crippen molar-refractivity contribution in [3.05, 3.63) is 66.6 Å². The third-order valence-corrected chi connectivity index (χ3v) is 5.44. The number of rotatable bonds is 4. The lowest BCUT2D eigenvalue weighted by Crippen LogP contribution is -2.48. The van der Waals surface area contributed by atoms with Crippen LogP contribution in [0.1, 0.15) is 10.6 Å². The Bertz CT molecular complexity index is 952. The first-order valence-electron chi connectivity index (χ1n) is 8.72. The molecule has 2 aromatic rings. The molecule has 3 amide bonds. The summed E-state index contributed by atoms with van der Waals surface area (Å²) in [6.45, 7) is 0.0857. The number of anilines is 1. The molecular weight excluding hydrogens is 348 g/mol. The zero-order chi connectivity index (χ0) is 18.6. The minimum Gasteiger partial charge on any atom is -0.459 e. The minimum atomic E-state index is -1.02. The zero-order valence-corrected chi connectivity index (χ0v) is 14.2. The SMILES string of the molecule is O=C(NC[C@@]12C=C[C@@H](O1)[C@@H]1C(=O)N(c3ccccc3)C(=O)[C@H]12)c1ccco1. The van der Waals surface area contributed by atoms with Gasteiger partial charge in [0.15, 0.2) is 5.76 Å². The highest BCUT2D eigenvalue weighted by Gasteiger charge is 2.67. The lowest BCUT2D eigenvalue weighted by molar-refractivity contribution is -0.126. The van der Waals surface area contributed by atoms with E-state index in [1.165, 1.54) is 11.2 Å². The number of benzene rings is 1. The monoisotopic (exact) mass is 364 g/mol. The topological polar surface area (TPSA) is 88.9 Å². The Morgan fingerprint density at radius 1 is 1.11 bits per heavy atom. The maximum atomic E-state index is 13.1. The van der Waals surface area contributed by atoms with Gasteiger partial charge in [0.2, 0.25) is 11.8 Å². The highest BCUT2D eigenvalue weighted by molar-refractivity contribution is 6.23. The summed E-state index contributed by atoms with van der Waals surface area (Å²) in [4.78, 5) is 39.5. The van der Waals surface area contributed by atoms with Crippen molar-refractivity contribution in [1.29, 1.82) is 0 Å². The van der Waals surface area contributed by atoms with Gasteiger partial charge in [0.05, 0.1) is 36.4 Å². The van der Waals surface area contributed by atoms with Gasteiger partial charge < -0.3 is 14.5 Å². The second-order valence-corrected chi connectivity index (χ2v) is 6.91. The molecule has 0 radical (unpaired) electrons. The molecule has 2 fully saturated rings. The molecule has 0 unspecified atom stereocenters. The zero-order valence-electron chi connectivity index (χ0n) is 14.2. The van der Waals surface area contributed by atoms with Gasteiger partial charge in [0.1, 0.15) is 5.60 Å². The van der Waals surface area contributed by atoms with Crippen LogP contribution in [0, 0.1) is 11.8 Å². The fourth-order valence-corrected chi connectivity index (χ4v) is 4.25. The van der Waals surface area contributed by atoms with Crippen molar-refractivity contribution in [3.63, 3.8) is 0 Å². The van der Waals surface area contributed by atoms with Crippen LogP contribution in [0.5, 0.6) is 0 Å². The number of amides is 3. The first-order chi connectivity index (χ1) is 13.1. The van der Waals surface area contributed by atoms with E-state index >= 15 is 0 Å². The summed E-state index contributed by atoms with van der Waals surface area (Å²) >= 11 is 0. The summed E-state index contributed by atoms with van der Waals surface area (Å²) in [6, 6.07) is 12.0. The molecular formula is C20H16N2O5. The van der Waals surface area contributed by atoms with Crippen LogP contribution < -0.4 is 10.2 Å². The number of para-hydroxylation sites is 1. The largest absolute Gasteiger partial charge is 0.459 e. The summed E-state index contributed by atoms with van der Waals surface area (Å²) in [5.41, 5.74) is -0.468. The lowest BCUT2D eigenvalue weighted by Gasteiger charge is -2.28. The molecule has 4 heterocycles. The highest BCUT2D eigenvalue weighted by Crippen LogP contribution is 2.52. The molecule has 2 bridgehead atoms. The average molecular weight is 364 g/mol. The van der Waals surface area contributed by atoms with Crippen molar-refractivity contribution in [2.24, 2.45) is 11.8 Å². The van der Waals surface area contributed by atoms with Gasteiger partial charge in [-0.2, -0.15) is 0 Å². The van der Waals surface area contributed by atoms with Crippen LogP contribution >= 0.6 is 0 Å². The maximum absolute atomic E-state index is 13.1. The van der Waals surface area contributed by atoms with Gasteiger partial charge in [-0.05, 0) is 24.3 Å². The smallest absolute Gasteiger partial charge is 0.287 e. The number of nitrogens with one attached hydrogen (secondary N) is 1. The first kappa shape index (κ1) is 16.0. The number of imide groups is 1. The van der Waals surface area contributed by atoms with Gasteiger partial charge in [-0.25, -0.2) is 4.90 Å². The Labute approximate surface area is 154 Å². The standard InChI is InChI=1S/C20H16N2O5/c23-17(14-7-4-10-26-14)21-11-20-9-8-13(27-20)15-16(20)19(25)22(18(15)24)12-5-2-1-3-6-12/h1-10,13,15-16H,11H2,(H,21,23)/t13-,15+,16+,20-/m1/s1. The Kier molecular flexibility index (Phi) is 3.35. The van der Waals surface area contributed by atoms with Crippen LogP contribution in [0.25, 0.3) is 0 Å². The predicted molar refractivity (Wildman–Crippen MR) is 93.7 cm³/mol. The van der Waals surface area contributed by atoms with Crippen LogP contribution in [0.3, 0.4) is 0 Å². The predicted octanol–water partition coefficient (Wildman–Crippen LogP) is 1.52. The van der Waals surface area contributed by atoms with Crippen LogP contribution in [0.2, 0.25) is 0 Å². The molecule has 0 spiro atoms. The number of hydrogen-bond acceptors (Lipinski definition) is 5. The van der Waals surface area contributed by atoms with Crippen molar-refractivity contribution >= 4 is 23.4 Å². The molecule has 2 saturated heterocycles. The van der Waals surface area contributed by atoms with Crippen LogP contribution in [-0.4, -0.2) is 36.0 Å². The molecule has 0 saturated carbocycles. The van der Waals surface area contributed by atoms with E-state index in [0.29, 0.717) is 5.69 Å². The van der Waals surface area contributed by atoms with Crippen molar-refractivity contribution in [3.8, 4) is 0 Å². The van der Waals surface area contributed by atoms with Crippen molar-refractivity contribution in [2.45, 2.75) is 11.7 Å². The molecule has 0 aliphatic carbocycles.